The molecule has 1 aromatic rings. The number of ether oxygens (including phenoxy) is 2. The predicted molar refractivity (Wildman–Crippen MR) is 83.8 cm³/mol. The van der Waals surface area contributed by atoms with Crippen LogP contribution < -0.4 is 4.74 Å². The Balaban J connectivity index is 2.10. The summed E-state index contributed by atoms with van der Waals surface area (Å²) >= 11 is 0. The molecule has 5 heteroatoms. The highest BCUT2D eigenvalue weighted by Crippen LogP contribution is 2.26. The number of piperidine rings is 1. The van der Waals surface area contributed by atoms with Crippen molar-refractivity contribution in [1.29, 1.82) is 0 Å². The van der Waals surface area contributed by atoms with Gasteiger partial charge in [-0.15, -0.1) is 0 Å². The minimum atomic E-state index is -0.875. The van der Waals surface area contributed by atoms with Gasteiger partial charge in [0.15, 0.2) is 0 Å². The molecule has 2 unspecified atom stereocenters. The van der Waals surface area contributed by atoms with Gasteiger partial charge in [-0.2, -0.15) is 0 Å². The van der Waals surface area contributed by atoms with Crippen molar-refractivity contribution in [3.8, 4) is 5.75 Å². The molecule has 0 bridgehead atoms. The zero-order valence-corrected chi connectivity index (χ0v) is 13.3. The zero-order valence-electron chi connectivity index (χ0n) is 13.3. The van der Waals surface area contributed by atoms with Crippen molar-refractivity contribution < 1.29 is 19.4 Å². The van der Waals surface area contributed by atoms with E-state index in [-0.39, 0.29) is 5.97 Å². The number of likely N-dealkylation sites (tertiary alicyclic amines) is 1. The first-order chi connectivity index (χ1) is 10.7. The summed E-state index contributed by atoms with van der Waals surface area (Å²) in [7, 11) is 2.96. The Kier molecular flexibility index (Phi) is 6.21. The van der Waals surface area contributed by atoms with E-state index in [0.717, 1.165) is 31.7 Å². The smallest absolute Gasteiger partial charge is 0.312 e. The molecule has 1 N–H and O–H groups in total. The van der Waals surface area contributed by atoms with Gasteiger partial charge < -0.3 is 19.5 Å². The minimum Gasteiger partial charge on any atom is -0.497 e. The van der Waals surface area contributed by atoms with Gasteiger partial charge in [0, 0.05) is 6.54 Å². The van der Waals surface area contributed by atoms with Gasteiger partial charge in [-0.1, -0.05) is 18.6 Å². The second-order valence-corrected chi connectivity index (χ2v) is 5.71. The SMILES string of the molecule is COC(=O)C(CN1CCCCC1)C(O)c1ccc(OC)cc1. The molecule has 1 saturated heterocycles. The number of hydrogen-bond donors (Lipinski definition) is 1. The van der Waals surface area contributed by atoms with Gasteiger partial charge in [0.2, 0.25) is 0 Å². The normalized spacial score (nSPS) is 18.5. The van der Waals surface area contributed by atoms with Crippen LogP contribution >= 0.6 is 0 Å². The van der Waals surface area contributed by atoms with E-state index >= 15 is 0 Å². The number of methoxy groups -OCH3 is 2. The lowest BCUT2D eigenvalue weighted by molar-refractivity contribution is -0.150. The van der Waals surface area contributed by atoms with Crippen molar-refractivity contribution in [2.24, 2.45) is 5.92 Å². The lowest BCUT2D eigenvalue weighted by atomic mass is 9.94. The number of hydrogen-bond acceptors (Lipinski definition) is 5. The quantitative estimate of drug-likeness (QED) is 0.815. The topological polar surface area (TPSA) is 59.0 Å². The molecule has 2 atom stereocenters. The van der Waals surface area contributed by atoms with Crippen LogP contribution in [0.1, 0.15) is 30.9 Å². The highest BCUT2D eigenvalue weighted by Gasteiger charge is 2.31. The fourth-order valence-corrected chi connectivity index (χ4v) is 2.91. The highest BCUT2D eigenvalue weighted by atomic mass is 16.5. The van der Waals surface area contributed by atoms with Crippen molar-refractivity contribution >= 4 is 5.97 Å². The Labute approximate surface area is 131 Å². The maximum atomic E-state index is 12.1. The molecule has 0 amide bonds. The van der Waals surface area contributed by atoms with Crippen LogP contribution in [-0.4, -0.2) is 49.8 Å². The van der Waals surface area contributed by atoms with E-state index in [1.807, 2.05) is 0 Å². The molecule has 0 saturated carbocycles. The maximum Gasteiger partial charge on any atom is 0.312 e. The van der Waals surface area contributed by atoms with Crippen molar-refractivity contribution in [1.82, 2.24) is 4.90 Å². The van der Waals surface area contributed by atoms with E-state index in [1.165, 1.54) is 13.5 Å². The van der Waals surface area contributed by atoms with E-state index in [9.17, 15) is 9.90 Å². The molecule has 0 aromatic heterocycles. The number of nitrogens with zero attached hydrogens (tertiary/aromatic N) is 1. The second-order valence-electron chi connectivity index (χ2n) is 5.71. The second kappa shape index (κ2) is 8.15. The lowest BCUT2D eigenvalue weighted by Crippen LogP contribution is -2.39. The summed E-state index contributed by atoms with van der Waals surface area (Å²) in [5.41, 5.74) is 0.702. The summed E-state index contributed by atoms with van der Waals surface area (Å²) < 4.78 is 10.0. The number of benzene rings is 1. The van der Waals surface area contributed by atoms with Crippen LogP contribution in [0, 0.1) is 5.92 Å². The van der Waals surface area contributed by atoms with Crippen molar-refractivity contribution in [2.45, 2.75) is 25.4 Å². The molecular formula is C17H25NO4. The van der Waals surface area contributed by atoms with Gasteiger partial charge in [0.1, 0.15) is 5.75 Å². The van der Waals surface area contributed by atoms with Crippen molar-refractivity contribution in [2.75, 3.05) is 33.9 Å². The summed E-state index contributed by atoms with van der Waals surface area (Å²) in [6.07, 6.45) is 2.65. The van der Waals surface area contributed by atoms with E-state index in [1.54, 1.807) is 31.4 Å². The monoisotopic (exact) mass is 307 g/mol. The fraction of sp³-hybridized carbons (Fsp3) is 0.588. The number of carbonyl (C=O) groups excluding carboxylic acids is 1. The molecule has 22 heavy (non-hydrogen) atoms. The molecule has 0 aliphatic carbocycles. The van der Waals surface area contributed by atoms with Crippen LogP contribution in [0.3, 0.4) is 0 Å². The molecule has 1 fully saturated rings. The highest BCUT2D eigenvalue weighted by molar-refractivity contribution is 5.73. The molecule has 2 rings (SSSR count). The third-order valence-corrected chi connectivity index (χ3v) is 4.25. The number of esters is 1. The molecule has 1 aliphatic heterocycles. The molecule has 0 radical (unpaired) electrons. The third kappa shape index (κ3) is 4.21. The summed E-state index contributed by atoms with van der Waals surface area (Å²) in [6.45, 7) is 2.48. The molecule has 1 aliphatic rings. The average molecular weight is 307 g/mol. The van der Waals surface area contributed by atoms with E-state index in [4.69, 9.17) is 9.47 Å². The van der Waals surface area contributed by atoms with Crippen LogP contribution in [0.25, 0.3) is 0 Å². The third-order valence-electron chi connectivity index (χ3n) is 4.25. The van der Waals surface area contributed by atoms with Gasteiger partial charge in [-0.3, -0.25) is 4.79 Å². The van der Waals surface area contributed by atoms with E-state index in [0.29, 0.717) is 12.1 Å². The molecule has 1 heterocycles. The Hall–Kier alpha value is -1.59. The summed E-state index contributed by atoms with van der Waals surface area (Å²) in [5.74, 6) is -0.216. The molecule has 0 spiro atoms. The first kappa shape index (κ1) is 16.8. The Bertz CT molecular complexity index is 468. The summed E-state index contributed by atoms with van der Waals surface area (Å²) in [4.78, 5) is 14.3. The molecule has 5 nitrogen and oxygen atoms in total. The fourth-order valence-electron chi connectivity index (χ4n) is 2.91. The minimum absolute atomic E-state index is 0.367. The van der Waals surface area contributed by atoms with Gasteiger partial charge in [0.05, 0.1) is 26.2 Å². The molecular weight excluding hydrogens is 282 g/mol. The first-order valence-electron chi connectivity index (χ1n) is 7.78. The number of rotatable bonds is 6. The van der Waals surface area contributed by atoms with Crippen molar-refractivity contribution in [3.05, 3.63) is 29.8 Å². The van der Waals surface area contributed by atoms with Crippen molar-refractivity contribution in [3.63, 3.8) is 0 Å². The van der Waals surface area contributed by atoms with Crippen LogP contribution in [0.15, 0.2) is 24.3 Å². The van der Waals surface area contributed by atoms with E-state index < -0.39 is 12.0 Å². The molecule has 1 aromatic carbocycles. The Morgan fingerprint density at radius 1 is 1.18 bits per heavy atom. The lowest BCUT2D eigenvalue weighted by Gasteiger charge is -2.31. The predicted octanol–water partition coefficient (Wildman–Crippen LogP) is 2.00. The standard InChI is InChI=1S/C17H25NO4/c1-21-14-8-6-13(7-9-14)16(19)15(17(20)22-2)12-18-10-4-3-5-11-18/h6-9,15-16,19H,3-5,10-12H2,1-2H3. The zero-order chi connectivity index (χ0) is 15.9. The van der Waals surface area contributed by atoms with Crippen LogP contribution in [-0.2, 0) is 9.53 Å². The number of aliphatic hydroxyl groups excluding tert-OH is 1. The Morgan fingerprint density at radius 2 is 1.82 bits per heavy atom. The van der Waals surface area contributed by atoms with Crippen LogP contribution in [0.5, 0.6) is 5.75 Å². The maximum absolute atomic E-state index is 12.1. The van der Waals surface area contributed by atoms with Gasteiger partial charge in [0.25, 0.3) is 0 Å². The van der Waals surface area contributed by atoms with Crippen LogP contribution in [0.2, 0.25) is 0 Å². The average Bonchev–Trinajstić information content (AvgIpc) is 2.59. The number of aliphatic hydroxyl groups is 1. The van der Waals surface area contributed by atoms with Gasteiger partial charge >= 0.3 is 5.97 Å². The van der Waals surface area contributed by atoms with Gasteiger partial charge in [-0.25, -0.2) is 0 Å². The van der Waals surface area contributed by atoms with Crippen LogP contribution in [0.4, 0.5) is 0 Å². The summed E-state index contributed by atoms with van der Waals surface area (Å²) in [5, 5.41) is 10.6. The first-order valence-corrected chi connectivity index (χ1v) is 7.78. The number of carbonyl (C=O) groups is 1. The van der Waals surface area contributed by atoms with E-state index in [2.05, 4.69) is 4.90 Å². The summed E-state index contributed by atoms with van der Waals surface area (Å²) in [6, 6.07) is 7.15. The van der Waals surface area contributed by atoms with Gasteiger partial charge in [-0.05, 0) is 43.6 Å². The Morgan fingerprint density at radius 3 is 2.36 bits per heavy atom. The molecule has 122 valence electrons. The largest absolute Gasteiger partial charge is 0.497 e.